The third-order valence-electron chi connectivity index (χ3n) is 3.28. The number of urea groups is 1. The molecule has 5 heteroatoms. The highest BCUT2D eigenvalue weighted by Gasteiger charge is 2.22. The summed E-state index contributed by atoms with van der Waals surface area (Å²) in [5.74, 6) is 0.426. The van der Waals surface area contributed by atoms with Crippen LogP contribution in [0.3, 0.4) is 0 Å². The van der Waals surface area contributed by atoms with Crippen molar-refractivity contribution in [3.63, 3.8) is 0 Å². The Bertz CT molecular complexity index is 405. The van der Waals surface area contributed by atoms with Crippen LogP contribution in [0, 0.1) is 12.8 Å². The third-order valence-corrected chi connectivity index (χ3v) is 4.28. The maximum atomic E-state index is 11.6. The lowest BCUT2D eigenvalue weighted by atomic mass is 10.1. The van der Waals surface area contributed by atoms with Gasteiger partial charge in [-0.05, 0) is 44.2 Å². The molecule has 0 unspecified atom stereocenters. The zero-order valence-corrected chi connectivity index (χ0v) is 11.4. The minimum atomic E-state index is -0.172. The Morgan fingerprint density at radius 3 is 2.89 bits per heavy atom. The summed E-state index contributed by atoms with van der Waals surface area (Å²) >= 11 is 1.70. The molecule has 18 heavy (non-hydrogen) atoms. The van der Waals surface area contributed by atoms with Gasteiger partial charge < -0.3 is 15.7 Å². The number of hydrogen-bond donors (Lipinski definition) is 3. The molecule has 1 aliphatic rings. The van der Waals surface area contributed by atoms with Crippen LogP contribution in [0.5, 0.6) is 0 Å². The maximum Gasteiger partial charge on any atom is 0.315 e. The second kappa shape index (κ2) is 6.20. The quantitative estimate of drug-likeness (QED) is 0.782. The van der Waals surface area contributed by atoms with Crippen LogP contribution in [0.4, 0.5) is 4.79 Å². The van der Waals surface area contributed by atoms with E-state index in [1.165, 1.54) is 9.75 Å². The van der Waals surface area contributed by atoms with Gasteiger partial charge in [0.25, 0.3) is 0 Å². The first-order chi connectivity index (χ1) is 8.63. The van der Waals surface area contributed by atoms with Crippen molar-refractivity contribution in [2.75, 3.05) is 6.54 Å². The summed E-state index contributed by atoms with van der Waals surface area (Å²) < 4.78 is 0. The molecule has 1 aromatic heterocycles. The second-order valence-corrected chi connectivity index (χ2v) is 6.28. The second-order valence-electron chi connectivity index (χ2n) is 4.91. The van der Waals surface area contributed by atoms with E-state index in [1.54, 1.807) is 11.3 Å². The van der Waals surface area contributed by atoms with Gasteiger partial charge in [-0.1, -0.05) is 0 Å². The molecule has 1 aliphatic carbocycles. The Morgan fingerprint density at radius 2 is 2.28 bits per heavy atom. The Hall–Kier alpha value is -1.07. The van der Waals surface area contributed by atoms with Crippen LogP contribution in [0.1, 0.15) is 29.0 Å². The van der Waals surface area contributed by atoms with Crippen molar-refractivity contribution in [1.82, 2.24) is 10.6 Å². The monoisotopic (exact) mass is 268 g/mol. The molecule has 2 rings (SSSR count). The van der Waals surface area contributed by atoms with Crippen LogP contribution in [-0.4, -0.2) is 23.8 Å². The van der Waals surface area contributed by atoms with Crippen LogP contribution in [0.25, 0.3) is 0 Å². The number of nitrogens with one attached hydrogen (secondary N) is 2. The zero-order valence-electron chi connectivity index (χ0n) is 10.6. The molecule has 4 nitrogen and oxygen atoms in total. The lowest BCUT2D eigenvalue weighted by Crippen LogP contribution is -2.37. The minimum Gasteiger partial charge on any atom is -0.393 e. The molecule has 0 radical (unpaired) electrons. The number of rotatable bonds is 4. The fraction of sp³-hybridized carbons (Fsp3) is 0.615. The van der Waals surface area contributed by atoms with E-state index in [9.17, 15) is 9.90 Å². The van der Waals surface area contributed by atoms with Crippen molar-refractivity contribution in [3.8, 4) is 0 Å². The Kier molecular flexibility index (Phi) is 4.60. The fourth-order valence-electron chi connectivity index (χ4n) is 2.28. The molecule has 0 bridgehead atoms. The minimum absolute atomic E-state index is 0.123. The highest BCUT2D eigenvalue weighted by Crippen LogP contribution is 2.24. The Balaban J connectivity index is 1.63. The van der Waals surface area contributed by atoms with Crippen molar-refractivity contribution in [1.29, 1.82) is 0 Å². The van der Waals surface area contributed by atoms with Gasteiger partial charge in [0.2, 0.25) is 0 Å². The number of aliphatic hydroxyl groups excluding tert-OH is 1. The van der Waals surface area contributed by atoms with E-state index >= 15 is 0 Å². The van der Waals surface area contributed by atoms with Gasteiger partial charge >= 0.3 is 6.03 Å². The molecule has 1 fully saturated rings. The summed E-state index contributed by atoms with van der Waals surface area (Å²) in [6, 6.07) is 3.97. The SMILES string of the molecule is Cc1ccc(CNC(=O)NC[C@@H]2CC[C@H](O)C2)s1. The van der Waals surface area contributed by atoms with E-state index in [-0.39, 0.29) is 12.1 Å². The highest BCUT2D eigenvalue weighted by molar-refractivity contribution is 7.11. The summed E-state index contributed by atoms with van der Waals surface area (Å²) in [7, 11) is 0. The number of hydrogen-bond acceptors (Lipinski definition) is 3. The van der Waals surface area contributed by atoms with Crippen LogP contribution >= 0.6 is 11.3 Å². The van der Waals surface area contributed by atoms with Gasteiger partial charge in [-0.25, -0.2) is 4.79 Å². The van der Waals surface area contributed by atoms with Crippen molar-refractivity contribution in [3.05, 3.63) is 21.9 Å². The summed E-state index contributed by atoms with van der Waals surface area (Å²) in [6.45, 7) is 3.30. The average Bonchev–Trinajstić information content (AvgIpc) is 2.93. The van der Waals surface area contributed by atoms with Gasteiger partial charge in [0.15, 0.2) is 0 Å². The van der Waals surface area contributed by atoms with E-state index in [2.05, 4.69) is 23.6 Å². The summed E-state index contributed by atoms with van der Waals surface area (Å²) in [5.41, 5.74) is 0. The van der Waals surface area contributed by atoms with E-state index in [0.717, 1.165) is 19.3 Å². The van der Waals surface area contributed by atoms with Gasteiger partial charge in [0.1, 0.15) is 0 Å². The molecule has 1 heterocycles. The fourth-order valence-corrected chi connectivity index (χ4v) is 3.11. The zero-order chi connectivity index (χ0) is 13.0. The van der Waals surface area contributed by atoms with Gasteiger partial charge in [0.05, 0.1) is 12.6 Å². The number of carbonyl (C=O) groups is 1. The molecular weight excluding hydrogens is 248 g/mol. The number of thiophene rings is 1. The van der Waals surface area contributed by atoms with Crippen molar-refractivity contribution < 1.29 is 9.90 Å². The first-order valence-corrected chi connectivity index (χ1v) is 7.20. The van der Waals surface area contributed by atoms with Crippen LogP contribution in [0.15, 0.2) is 12.1 Å². The van der Waals surface area contributed by atoms with Crippen molar-refractivity contribution in [2.45, 2.75) is 38.8 Å². The topological polar surface area (TPSA) is 61.4 Å². The normalized spacial score (nSPS) is 23.0. The summed E-state index contributed by atoms with van der Waals surface area (Å²) in [5, 5.41) is 15.1. The van der Waals surface area contributed by atoms with Crippen molar-refractivity contribution in [2.24, 2.45) is 5.92 Å². The molecular formula is C13H20N2O2S. The molecule has 100 valence electrons. The van der Waals surface area contributed by atoms with E-state index in [4.69, 9.17) is 0 Å². The molecule has 0 aliphatic heterocycles. The predicted octanol–water partition coefficient (Wildman–Crippen LogP) is 2.02. The molecule has 0 aromatic carbocycles. The molecule has 1 aromatic rings. The van der Waals surface area contributed by atoms with Gasteiger partial charge in [-0.3, -0.25) is 0 Å². The molecule has 2 amide bonds. The molecule has 1 saturated carbocycles. The highest BCUT2D eigenvalue weighted by atomic mass is 32.1. The average molecular weight is 268 g/mol. The summed E-state index contributed by atoms with van der Waals surface area (Å²) in [6.07, 6.45) is 2.51. The number of amides is 2. The Labute approximate surface area is 111 Å². The van der Waals surface area contributed by atoms with Crippen LogP contribution in [-0.2, 0) is 6.54 Å². The largest absolute Gasteiger partial charge is 0.393 e. The Morgan fingerprint density at radius 1 is 1.44 bits per heavy atom. The van der Waals surface area contributed by atoms with Gasteiger partial charge in [-0.15, -0.1) is 11.3 Å². The summed E-state index contributed by atoms with van der Waals surface area (Å²) in [4.78, 5) is 14.0. The third kappa shape index (κ3) is 3.99. The predicted molar refractivity (Wildman–Crippen MR) is 72.6 cm³/mol. The van der Waals surface area contributed by atoms with E-state index in [1.807, 2.05) is 6.07 Å². The van der Waals surface area contributed by atoms with Crippen molar-refractivity contribution >= 4 is 17.4 Å². The van der Waals surface area contributed by atoms with E-state index in [0.29, 0.717) is 19.0 Å². The molecule has 2 atom stereocenters. The smallest absolute Gasteiger partial charge is 0.315 e. The number of carbonyl (C=O) groups excluding carboxylic acids is 1. The first-order valence-electron chi connectivity index (χ1n) is 6.38. The van der Waals surface area contributed by atoms with E-state index < -0.39 is 0 Å². The molecule has 0 spiro atoms. The lowest BCUT2D eigenvalue weighted by molar-refractivity contribution is 0.177. The molecule has 3 N–H and O–H groups in total. The number of aryl methyl sites for hydroxylation is 1. The van der Waals surface area contributed by atoms with Gasteiger partial charge in [0, 0.05) is 16.3 Å². The standard InChI is InChI=1S/C13H20N2O2S/c1-9-2-5-12(18-9)8-15-13(17)14-7-10-3-4-11(16)6-10/h2,5,10-11,16H,3-4,6-8H2,1H3,(H2,14,15,17)/t10-,11+/m1/s1. The number of aliphatic hydroxyl groups is 1. The lowest BCUT2D eigenvalue weighted by Gasteiger charge is -2.11. The first kappa shape index (κ1) is 13.4. The van der Waals surface area contributed by atoms with Gasteiger partial charge in [-0.2, -0.15) is 0 Å². The molecule has 0 saturated heterocycles. The van der Waals surface area contributed by atoms with Crippen LogP contribution < -0.4 is 10.6 Å². The maximum absolute atomic E-state index is 11.6. The van der Waals surface area contributed by atoms with Crippen LogP contribution in [0.2, 0.25) is 0 Å².